The second kappa shape index (κ2) is 6.05. The van der Waals surface area contributed by atoms with Crippen molar-refractivity contribution in [2.75, 3.05) is 0 Å². The van der Waals surface area contributed by atoms with Gasteiger partial charge in [0, 0.05) is 21.4 Å². The Morgan fingerprint density at radius 2 is 1.35 bits per heavy atom. The van der Waals surface area contributed by atoms with Crippen LogP contribution in [-0.2, 0) is 0 Å². The van der Waals surface area contributed by atoms with Crippen LogP contribution in [0.25, 0.3) is 44.2 Å². The number of benzene rings is 4. The van der Waals surface area contributed by atoms with Gasteiger partial charge in [-0.05, 0) is 41.0 Å². The Bertz CT molecular complexity index is 1240. The molecule has 26 heavy (non-hydrogen) atoms. The number of fused-ring (bicyclic) bond motifs is 3. The van der Waals surface area contributed by atoms with Crippen molar-refractivity contribution in [1.29, 1.82) is 0 Å². The average Bonchev–Trinajstić information content (AvgIpc) is 3.06. The topological polar surface area (TPSA) is 13.1 Å². The van der Waals surface area contributed by atoms with E-state index in [0.717, 1.165) is 49.2 Å². The molecular weight excluding hydrogens is 340 g/mol. The van der Waals surface area contributed by atoms with Crippen LogP contribution in [0.5, 0.6) is 0 Å². The average molecular weight is 355 g/mol. The zero-order chi connectivity index (χ0) is 17.5. The summed E-state index contributed by atoms with van der Waals surface area (Å²) in [5.74, 6) is 0. The van der Waals surface area contributed by atoms with Gasteiger partial charge in [-0.25, -0.2) is 0 Å². The van der Waals surface area contributed by atoms with E-state index in [4.69, 9.17) is 16.0 Å². The van der Waals surface area contributed by atoms with Crippen molar-refractivity contribution in [3.05, 3.63) is 96.0 Å². The number of rotatable bonds is 2. The molecule has 0 saturated heterocycles. The highest BCUT2D eigenvalue weighted by atomic mass is 35.5. The second-order valence-electron chi connectivity index (χ2n) is 6.34. The monoisotopic (exact) mass is 354 g/mol. The Morgan fingerprint density at radius 1 is 0.577 bits per heavy atom. The van der Waals surface area contributed by atoms with Gasteiger partial charge in [0.1, 0.15) is 11.2 Å². The Hall–Kier alpha value is -3.03. The van der Waals surface area contributed by atoms with E-state index in [1.165, 1.54) is 0 Å². The fourth-order valence-corrected chi connectivity index (χ4v) is 3.84. The Kier molecular flexibility index (Phi) is 3.55. The second-order valence-corrected chi connectivity index (χ2v) is 6.74. The number of hydrogen-bond acceptors (Lipinski definition) is 1. The molecule has 0 N–H and O–H groups in total. The summed E-state index contributed by atoms with van der Waals surface area (Å²) in [6.07, 6.45) is 0. The van der Waals surface area contributed by atoms with E-state index >= 15 is 0 Å². The summed E-state index contributed by atoms with van der Waals surface area (Å²) in [5, 5.41) is 2.98. The predicted molar refractivity (Wildman–Crippen MR) is 110 cm³/mol. The van der Waals surface area contributed by atoms with Gasteiger partial charge in [0.05, 0.1) is 0 Å². The first-order valence-corrected chi connectivity index (χ1v) is 8.95. The molecule has 0 unspecified atom stereocenters. The maximum atomic E-state index is 6.63. The van der Waals surface area contributed by atoms with Gasteiger partial charge in [-0.1, -0.05) is 78.3 Å². The zero-order valence-corrected chi connectivity index (χ0v) is 14.7. The van der Waals surface area contributed by atoms with Gasteiger partial charge in [0.15, 0.2) is 0 Å². The third kappa shape index (κ3) is 2.40. The first kappa shape index (κ1) is 15.2. The van der Waals surface area contributed by atoms with Gasteiger partial charge in [-0.2, -0.15) is 0 Å². The summed E-state index contributed by atoms with van der Waals surface area (Å²) in [7, 11) is 0. The van der Waals surface area contributed by atoms with Gasteiger partial charge in [-0.3, -0.25) is 0 Å². The predicted octanol–water partition coefficient (Wildman–Crippen LogP) is 7.57. The standard InChI is InChI=1S/C24H15ClO/c25-21-11-6-10-18(16-7-2-1-3-8-16)24(21)17-13-14-23-20(15-17)19-9-4-5-12-22(19)26-23/h1-15H. The molecule has 0 aliphatic heterocycles. The van der Waals surface area contributed by atoms with Crippen LogP contribution in [0.1, 0.15) is 0 Å². The first-order chi connectivity index (χ1) is 12.8. The quantitative estimate of drug-likeness (QED) is 0.318. The number of halogens is 1. The molecule has 1 aromatic heterocycles. The van der Waals surface area contributed by atoms with Gasteiger partial charge < -0.3 is 4.42 Å². The molecule has 1 nitrogen and oxygen atoms in total. The normalized spacial score (nSPS) is 11.3. The molecular formula is C24H15ClO. The van der Waals surface area contributed by atoms with E-state index in [2.05, 4.69) is 36.4 Å². The number of hydrogen-bond donors (Lipinski definition) is 0. The van der Waals surface area contributed by atoms with Crippen molar-refractivity contribution in [1.82, 2.24) is 0 Å². The molecule has 2 heteroatoms. The van der Waals surface area contributed by atoms with Crippen LogP contribution < -0.4 is 0 Å². The van der Waals surface area contributed by atoms with Gasteiger partial charge in [0.2, 0.25) is 0 Å². The van der Waals surface area contributed by atoms with E-state index in [1.807, 2.05) is 54.6 Å². The summed E-state index contributed by atoms with van der Waals surface area (Å²) < 4.78 is 5.96. The maximum absolute atomic E-state index is 6.63. The number of para-hydroxylation sites is 1. The van der Waals surface area contributed by atoms with Crippen molar-refractivity contribution in [2.45, 2.75) is 0 Å². The van der Waals surface area contributed by atoms with E-state index in [0.29, 0.717) is 0 Å². The Balaban J connectivity index is 1.79. The highest BCUT2D eigenvalue weighted by Crippen LogP contribution is 2.40. The van der Waals surface area contributed by atoms with Crippen LogP contribution in [0.4, 0.5) is 0 Å². The van der Waals surface area contributed by atoms with Crippen molar-refractivity contribution in [3.8, 4) is 22.3 Å². The summed E-state index contributed by atoms with van der Waals surface area (Å²) in [4.78, 5) is 0. The van der Waals surface area contributed by atoms with Crippen LogP contribution in [0.3, 0.4) is 0 Å². The minimum absolute atomic E-state index is 0.749. The van der Waals surface area contributed by atoms with Crippen LogP contribution in [0, 0.1) is 0 Å². The fourth-order valence-electron chi connectivity index (χ4n) is 3.56. The van der Waals surface area contributed by atoms with Crippen molar-refractivity contribution >= 4 is 33.5 Å². The summed E-state index contributed by atoms with van der Waals surface area (Å²) in [6, 6.07) is 30.8. The molecule has 124 valence electrons. The zero-order valence-electron chi connectivity index (χ0n) is 13.9. The molecule has 0 aliphatic carbocycles. The SMILES string of the molecule is Clc1cccc(-c2ccccc2)c1-c1ccc2oc3ccccc3c2c1. The smallest absolute Gasteiger partial charge is 0.135 e. The van der Waals surface area contributed by atoms with E-state index in [-0.39, 0.29) is 0 Å². The van der Waals surface area contributed by atoms with Crippen LogP contribution in [-0.4, -0.2) is 0 Å². The lowest BCUT2D eigenvalue weighted by Gasteiger charge is -2.12. The molecule has 0 bridgehead atoms. The molecule has 1 heterocycles. The summed E-state index contributed by atoms with van der Waals surface area (Å²) >= 11 is 6.63. The highest BCUT2D eigenvalue weighted by molar-refractivity contribution is 6.34. The van der Waals surface area contributed by atoms with Crippen LogP contribution >= 0.6 is 11.6 Å². The molecule has 4 aromatic carbocycles. The molecule has 5 rings (SSSR count). The van der Waals surface area contributed by atoms with Gasteiger partial charge in [0.25, 0.3) is 0 Å². The largest absolute Gasteiger partial charge is 0.456 e. The van der Waals surface area contributed by atoms with Gasteiger partial charge >= 0.3 is 0 Å². The molecule has 0 atom stereocenters. The minimum Gasteiger partial charge on any atom is -0.456 e. The highest BCUT2D eigenvalue weighted by Gasteiger charge is 2.14. The van der Waals surface area contributed by atoms with Crippen LogP contribution in [0.2, 0.25) is 5.02 Å². The minimum atomic E-state index is 0.749. The molecule has 0 spiro atoms. The Morgan fingerprint density at radius 3 is 2.23 bits per heavy atom. The first-order valence-electron chi connectivity index (χ1n) is 8.57. The van der Waals surface area contributed by atoms with E-state index in [1.54, 1.807) is 0 Å². The molecule has 0 amide bonds. The summed E-state index contributed by atoms with van der Waals surface area (Å²) in [5.41, 5.74) is 6.22. The van der Waals surface area contributed by atoms with Crippen molar-refractivity contribution in [2.24, 2.45) is 0 Å². The Labute approximate surface area is 156 Å². The lowest BCUT2D eigenvalue weighted by molar-refractivity contribution is 0.669. The lowest BCUT2D eigenvalue weighted by Crippen LogP contribution is -1.86. The van der Waals surface area contributed by atoms with E-state index < -0.39 is 0 Å². The third-order valence-corrected chi connectivity index (χ3v) is 5.08. The molecule has 0 fully saturated rings. The van der Waals surface area contributed by atoms with Crippen LogP contribution in [0.15, 0.2) is 95.4 Å². The molecule has 0 saturated carbocycles. The lowest BCUT2D eigenvalue weighted by atomic mass is 9.93. The van der Waals surface area contributed by atoms with Crippen molar-refractivity contribution < 1.29 is 4.42 Å². The maximum Gasteiger partial charge on any atom is 0.135 e. The summed E-state index contributed by atoms with van der Waals surface area (Å²) in [6.45, 7) is 0. The number of furan rings is 1. The molecule has 0 radical (unpaired) electrons. The van der Waals surface area contributed by atoms with Gasteiger partial charge in [-0.15, -0.1) is 0 Å². The molecule has 5 aromatic rings. The van der Waals surface area contributed by atoms with E-state index in [9.17, 15) is 0 Å². The molecule has 0 aliphatic rings. The third-order valence-electron chi connectivity index (χ3n) is 4.76. The fraction of sp³-hybridized carbons (Fsp3) is 0. The van der Waals surface area contributed by atoms with Crippen molar-refractivity contribution in [3.63, 3.8) is 0 Å².